The largest absolute Gasteiger partial charge is 0.388 e. The van der Waals surface area contributed by atoms with Crippen molar-refractivity contribution in [2.24, 2.45) is 0 Å². The van der Waals surface area contributed by atoms with E-state index in [4.69, 9.17) is 0 Å². The molecule has 0 aliphatic rings. The van der Waals surface area contributed by atoms with E-state index in [9.17, 15) is 14.5 Å². The predicted molar refractivity (Wildman–Crippen MR) is 77.1 cm³/mol. The van der Waals surface area contributed by atoms with Gasteiger partial charge in [-0.1, -0.05) is 0 Å². The average Bonchev–Trinajstić information content (AvgIpc) is 2.36. The number of nitrogens with zero attached hydrogens (tertiary/aromatic N) is 1. The van der Waals surface area contributed by atoms with Gasteiger partial charge in [0.25, 0.3) is 5.69 Å². The van der Waals surface area contributed by atoms with Crippen molar-refractivity contribution in [3.8, 4) is 0 Å². The zero-order chi connectivity index (χ0) is 14.7. The number of nitrogens with one attached hydrogen (secondary N) is 2. The normalized spacial score (nSPS) is 10.2. The molecule has 104 valence electrons. The van der Waals surface area contributed by atoms with Gasteiger partial charge in [-0.2, -0.15) is 0 Å². The Labute approximate surface area is 115 Å². The molecule has 5 nitrogen and oxygen atoms in total. The third-order valence-electron chi connectivity index (χ3n) is 2.75. The van der Waals surface area contributed by atoms with Gasteiger partial charge in [0.15, 0.2) is 0 Å². The monoisotopic (exact) mass is 275 g/mol. The fourth-order valence-electron chi connectivity index (χ4n) is 1.91. The zero-order valence-electron chi connectivity index (χ0n) is 11.1. The zero-order valence-corrected chi connectivity index (χ0v) is 11.1. The topological polar surface area (TPSA) is 67.2 Å². The third-order valence-corrected chi connectivity index (χ3v) is 2.75. The van der Waals surface area contributed by atoms with E-state index in [2.05, 4.69) is 10.6 Å². The molecule has 0 saturated carbocycles. The fraction of sp³-hybridized carbons (Fsp3) is 0.143. The summed E-state index contributed by atoms with van der Waals surface area (Å²) < 4.78 is 13.3. The SMILES string of the molecule is CNc1cc(Nc2cc(C)cc(F)c2)cc([N+](=O)[O-])c1. The molecule has 2 aromatic rings. The highest BCUT2D eigenvalue weighted by atomic mass is 19.1. The molecule has 0 heterocycles. The standard InChI is InChI=1S/C14H14FN3O2/c1-9-3-10(15)5-12(4-9)17-13-6-11(16-2)7-14(8-13)18(19)20/h3-8,16-17H,1-2H3. The first kappa shape index (κ1) is 13.8. The lowest BCUT2D eigenvalue weighted by Gasteiger charge is -2.09. The van der Waals surface area contributed by atoms with Crippen LogP contribution in [-0.4, -0.2) is 12.0 Å². The van der Waals surface area contributed by atoms with Crippen LogP contribution in [0.1, 0.15) is 5.56 Å². The summed E-state index contributed by atoms with van der Waals surface area (Å²) in [6.07, 6.45) is 0. The number of halogens is 1. The van der Waals surface area contributed by atoms with Gasteiger partial charge in [-0.25, -0.2) is 4.39 Å². The molecule has 0 amide bonds. The summed E-state index contributed by atoms with van der Waals surface area (Å²) in [5, 5.41) is 16.7. The molecule has 0 spiro atoms. The van der Waals surface area contributed by atoms with Gasteiger partial charge >= 0.3 is 0 Å². The molecule has 0 aromatic heterocycles. The summed E-state index contributed by atoms with van der Waals surface area (Å²) in [5.41, 5.74) is 2.41. The maximum atomic E-state index is 13.3. The minimum atomic E-state index is -0.469. The van der Waals surface area contributed by atoms with Crippen molar-refractivity contribution in [1.29, 1.82) is 0 Å². The molecule has 2 rings (SSSR count). The van der Waals surface area contributed by atoms with Crippen LogP contribution < -0.4 is 10.6 Å². The van der Waals surface area contributed by atoms with E-state index in [0.29, 0.717) is 17.1 Å². The molecule has 0 fully saturated rings. The van der Waals surface area contributed by atoms with Crippen molar-refractivity contribution in [3.63, 3.8) is 0 Å². The van der Waals surface area contributed by atoms with Crippen LogP contribution in [0.3, 0.4) is 0 Å². The van der Waals surface area contributed by atoms with Crippen molar-refractivity contribution in [3.05, 3.63) is 57.9 Å². The number of non-ortho nitro benzene ring substituents is 1. The number of benzene rings is 2. The van der Waals surface area contributed by atoms with Crippen molar-refractivity contribution in [2.45, 2.75) is 6.92 Å². The molecule has 20 heavy (non-hydrogen) atoms. The number of nitro benzene ring substituents is 1. The number of hydrogen-bond donors (Lipinski definition) is 2. The van der Waals surface area contributed by atoms with Crippen molar-refractivity contribution in [1.82, 2.24) is 0 Å². The van der Waals surface area contributed by atoms with Gasteiger partial charge in [-0.3, -0.25) is 10.1 Å². The molecule has 6 heteroatoms. The van der Waals surface area contributed by atoms with Crippen LogP contribution >= 0.6 is 0 Å². The molecule has 0 aliphatic heterocycles. The number of rotatable bonds is 4. The second-order valence-electron chi connectivity index (χ2n) is 4.42. The smallest absolute Gasteiger partial charge is 0.273 e. The minimum absolute atomic E-state index is 0.0347. The highest BCUT2D eigenvalue weighted by Gasteiger charge is 2.09. The van der Waals surface area contributed by atoms with Crippen LogP contribution in [0.25, 0.3) is 0 Å². The highest BCUT2D eigenvalue weighted by Crippen LogP contribution is 2.27. The first-order valence-corrected chi connectivity index (χ1v) is 5.99. The number of anilines is 3. The maximum absolute atomic E-state index is 13.3. The van der Waals surface area contributed by atoms with Gasteiger partial charge in [-0.15, -0.1) is 0 Å². The van der Waals surface area contributed by atoms with Crippen LogP contribution in [0.4, 0.5) is 27.1 Å². The van der Waals surface area contributed by atoms with Gasteiger partial charge < -0.3 is 10.6 Å². The predicted octanol–water partition coefficient (Wildman–Crippen LogP) is 3.83. The first-order valence-electron chi connectivity index (χ1n) is 5.99. The van der Waals surface area contributed by atoms with Crippen LogP contribution in [0.15, 0.2) is 36.4 Å². The molecular weight excluding hydrogens is 261 g/mol. The van der Waals surface area contributed by atoms with Gasteiger partial charge in [0.2, 0.25) is 0 Å². The molecule has 0 bridgehead atoms. The summed E-state index contributed by atoms with van der Waals surface area (Å²) in [5.74, 6) is -0.355. The van der Waals surface area contributed by atoms with E-state index < -0.39 is 4.92 Å². The Morgan fingerprint density at radius 2 is 1.70 bits per heavy atom. The molecule has 0 radical (unpaired) electrons. The van der Waals surface area contributed by atoms with Gasteiger partial charge in [0, 0.05) is 36.2 Å². The number of aryl methyl sites for hydroxylation is 1. The van der Waals surface area contributed by atoms with E-state index in [1.54, 1.807) is 26.1 Å². The van der Waals surface area contributed by atoms with E-state index in [1.807, 2.05) is 0 Å². The van der Waals surface area contributed by atoms with E-state index in [-0.39, 0.29) is 11.5 Å². The Morgan fingerprint density at radius 1 is 1.05 bits per heavy atom. The Morgan fingerprint density at radius 3 is 2.30 bits per heavy atom. The molecule has 0 saturated heterocycles. The summed E-state index contributed by atoms with van der Waals surface area (Å²) in [6.45, 7) is 1.78. The quantitative estimate of drug-likeness (QED) is 0.657. The van der Waals surface area contributed by atoms with Crippen molar-refractivity contribution < 1.29 is 9.31 Å². The number of nitro groups is 1. The third kappa shape index (κ3) is 3.23. The van der Waals surface area contributed by atoms with Crippen LogP contribution in [0.5, 0.6) is 0 Å². The number of hydrogen-bond acceptors (Lipinski definition) is 4. The summed E-state index contributed by atoms with van der Waals surface area (Å²) in [6, 6.07) is 9.07. The van der Waals surface area contributed by atoms with Gasteiger partial charge in [-0.05, 0) is 36.8 Å². The first-order chi connectivity index (χ1) is 9.47. The van der Waals surface area contributed by atoms with Crippen LogP contribution in [0.2, 0.25) is 0 Å². The van der Waals surface area contributed by atoms with Crippen LogP contribution in [0, 0.1) is 22.9 Å². The Balaban J connectivity index is 2.37. The van der Waals surface area contributed by atoms with E-state index in [1.165, 1.54) is 24.3 Å². The fourth-order valence-corrected chi connectivity index (χ4v) is 1.91. The van der Waals surface area contributed by atoms with Crippen LogP contribution in [-0.2, 0) is 0 Å². The molecule has 0 unspecified atom stereocenters. The second kappa shape index (κ2) is 5.56. The molecular formula is C14H14FN3O2. The van der Waals surface area contributed by atoms with Crippen molar-refractivity contribution in [2.75, 3.05) is 17.7 Å². The van der Waals surface area contributed by atoms with E-state index >= 15 is 0 Å². The minimum Gasteiger partial charge on any atom is -0.388 e. The van der Waals surface area contributed by atoms with E-state index in [0.717, 1.165) is 5.56 Å². The molecule has 2 aromatic carbocycles. The molecule has 0 atom stereocenters. The Hall–Kier alpha value is -2.63. The van der Waals surface area contributed by atoms with Gasteiger partial charge in [0.1, 0.15) is 5.82 Å². The summed E-state index contributed by atoms with van der Waals surface area (Å²) >= 11 is 0. The van der Waals surface area contributed by atoms with Crippen molar-refractivity contribution >= 4 is 22.7 Å². The lowest BCUT2D eigenvalue weighted by atomic mass is 10.2. The average molecular weight is 275 g/mol. The lowest BCUT2D eigenvalue weighted by Crippen LogP contribution is -1.97. The summed E-state index contributed by atoms with van der Waals surface area (Å²) in [4.78, 5) is 10.4. The second-order valence-corrected chi connectivity index (χ2v) is 4.42. The van der Waals surface area contributed by atoms with Gasteiger partial charge in [0.05, 0.1) is 4.92 Å². The summed E-state index contributed by atoms with van der Waals surface area (Å²) in [7, 11) is 1.68. The molecule has 2 N–H and O–H groups in total. The molecule has 0 aliphatic carbocycles. The Bertz CT molecular complexity index is 639. The highest BCUT2D eigenvalue weighted by molar-refractivity contribution is 5.69. The Kier molecular flexibility index (Phi) is 3.84. The maximum Gasteiger partial charge on any atom is 0.273 e. The lowest BCUT2D eigenvalue weighted by molar-refractivity contribution is -0.384.